The molecular formula is C11H18N2O2. The predicted molar refractivity (Wildman–Crippen MR) is 56.1 cm³/mol. The molecule has 15 heavy (non-hydrogen) atoms. The van der Waals surface area contributed by atoms with Crippen LogP contribution in [0.4, 0.5) is 0 Å². The normalized spacial score (nSPS) is 32.5. The third kappa shape index (κ3) is 2.20. The van der Waals surface area contributed by atoms with E-state index in [2.05, 4.69) is 5.32 Å². The lowest BCUT2D eigenvalue weighted by molar-refractivity contribution is -0.151. The van der Waals surface area contributed by atoms with Gasteiger partial charge >= 0.3 is 0 Å². The minimum Gasteiger partial charge on any atom is -0.316 e. The lowest BCUT2D eigenvalue weighted by atomic mass is 9.97. The zero-order chi connectivity index (χ0) is 10.8. The number of hydrogen-bond donors (Lipinski definition) is 1. The van der Waals surface area contributed by atoms with Gasteiger partial charge in [0.15, 0.2) is 0 Å². The van der Waals surface area contributed by atoms with Crippen molar-refractivity contribution in [1.29, 1.82) is 0 Å². The van der Waals surface area contributed by atoms with Gasteiger partial charge in [0.05, 0.1) is 0 Å². The fraction of sp³-hybridized carbons (Fsp3) is 0.818. The molecule has 4 heteroatoms. The molecule has 2 amide bonds. The van der Waals surface area contributed by atoms with Gasteiger partial charge in [-0.3, -0.25) is 14.5 Å². The monoisotopic (exact) mass is 210 g/mol. The SMILES string of the molecule is CC1CCC(=O)N(CC2CCNC2)C1=O. The van der Waals surface area contributed by atoms with Gasteiger partial charge in [-0.05, 0) is 31.8 Å². The maximum absolute atomic E-state index is 11.8. The van der Waals surface area contributed by atoms with E-state index in [4.69, 9.17) is 0 Å². The van der Waals surface area contributed by atoms with E-state index >= 15 is 0 Å². The molecule has 2 rings (SSSR count). The van der Waals surface area contributed by atoms with Crippen molar-refractivity contribution in [3.8, 4) is 0 Å². The number of nitrogens with one attached hydrogen (secondary N) is 1. The van der Waals surface area contributed by atoms with E-state index in [1.807, 2.05) is 6.92 Å². The smallest absolute Gasteiger partial charge is 0.232 e. The second-order valence-corrected chi connectivity index (χ2v) is 4.64. The summed E-state index contributed by atoms with van der Waals surface area (Å²) in [6.07, 6.45) is 2.33. The first-order valence-corrected chi connectivity index (χ1v) is 5.73. The number of carbonyl (C=O) groups is 2. The lowest BCUT2D eigenvalue weighted by Gasteiger charge is -2.30. The Morgan fingerprint density at radius 1 is 1.40 bits per heavy atom. The molecule has 2 heterocycles. The maximum Gasteiger partial charge on any atom is 0.232 e. The molecular weight excluding hydrogens is 192 g/mol. The molecule has 0 saturated carbocycles. The highest BCUT2D eigenvalue weighted by Gasteiger charge is 2.33. The van der Waals surface area contributed by atoms with Gasteiger partial charge in [0.25, 0.3) is 0 Å². The summed E-state index contributed by atoms with van der Waals surface area (Å²) in [6, 6.07) is 0. The molecule has 0 aromatic heterocycles. The quantitative estimate of drug-likeness (QED) is 0.670. The number of piperidine rings is 1. The van der Waals surface area contributed by atoms with E-state index in [9.17, 15) is 9.59 Å². The van der Waals surface area contributed by atoms with Gasteiger partial charge in [0.2, 0.25) is 11.8 Å². The van der Waals surface area contributed by atoms with Crippen LogP contribution < -0.4 is 5.32 Å². The van der Waals surface area contributed by atoms with Crippen molar-refractivity contribution in [2.45, 2.75) is 26.2 Å². The molecule has 2 saturated heterocycles. The Kier molecular flexibility index (Phi) is 3.05. The zero-order valence-electron chi connectivity index (χ0n) is 9.16. The topological polar surface area (TPSA) is 49.4 Å². The molecule has 2 atom stereocenters. The van der Waals surface area contributed by atoms with Crippen LogP contribution in [0, 0.1) is 11.8 Å². The maximum atomic E-state index is 11.8. The number of likely N-dealkylation sites (tertiary alicyclic amines) is 1. The van der Waals surface area contributed by atoms with Crippen molar-refractivity contribution in [1.82, 2.24) is 10.2 Å². The summed E-state index contributed by atoms with van der Waals surface area (Å²) >= 11 is 0. The lowest BCUT2D eigenvalue weighted by Crippen LogP contribution is -2.46. The molecule has 2 aliphatic heterocycles. The summed E-state index contributed by atoms with van der Waals surface area (Å²) in [5, 5.41) is 3.25. The number of nitrogens with zero attached hydrogens (tertiary/aromatic N) is 1. The van der Waals surface area contributed by atoms with Crippen molar-refractivity contribution < 1.29 is 9.59 Å². The van der Waals surface area contributed by atoms with Crippen LogP contribution in [0.25, 0.3) is 0 Å². The summed E-state index contributed by atoms with van der Waals surface area (Å²) in [6.45, 7) is 4.48. The molecule has 0 radical (unpaired) electrons. The van der Waals surface area contributed by atoms with Crippen LogP contribution in [0.15, 0.2) is 0 Å². The Balaban J connectivity index is 1.98. The molecule has 84 valence electrons. The predicted octanol–water partition coefficient (Wildman–Crippen LogP) is 0.381. The first-order valence-electron chi connectivity index (χ1n) is 5.73. The Bertz CT molecular complexity index is 272. The van der Waals surface area contributed by atoms with Crippen LogP contribution in [0.5, 0.6) is 0 Å². The van der Waals surface area contributed by atoms with Crippen LogP contribution in [0.3, 0.4) is 0 Å². The van der Waals surface area contributed by atoms with Gasteiger partial charge in [-0.25, -0.2) is 0 Å². The van der Waals surface area contributed by atoms with Gasteiger partial charge in [-0.2, -0.15) is 0 Å². The van der Waals surface area contributed by atoms with Gasteiger partial charge in [0, 0.05) is 18.9 Å². The fourth-order valence-electron chi connectivity index (χ4n) is 2.31. The van der Waals surface area contributed by atoms with Crippen LogP contribution in [-0.2, 0) is 9.59 Å². The average molecular weight is 210 g/mol. The summed E-state index contributed by atoms with van der Waals surface area (Å²) in [7, 11) is 0. The van der Waals surface area contributed by atoms with Crippen molar-refractivity contribution in [3.05, 3.63) is 0 Å². The molecule has 0 spiro atoms. The number of carbonyl (C=O) groups excluding carboxylic acids is 2. The molecule has 0 aromatic carbocycles. The second-order valence-electron chi connectivity index (χ2n) is 4.64. The highest BCUT2D eigenvalue weighted by atomic mass is 16.2. The molecule has 2 fully saturated rings. The largest absolute Gasteiger partial charge is 0.316 e. The molecule has 2 unspecified atom stereocenters. The van der Waals surface area contributed by atoms with E-state index in [0.29, 0.717) is 18.9 Å². The second kappa shape index (κ2) is 4.31. The van der Waals surface area contributed by atoms with Gasteiger partial charge < -0.3 is 5.32 Å². The Morgan fingerprint density at radius 3 is 2.87 bits per heavy atom. The Hall–Kier alpha value is -0.900. The zero-order valence-corrected chi connectivity index (χ0v) is 9.16. The van der Waals surface area contributed by atoms with Gasteiger partial charge in [-0.15, -0.1) is 0 Å². The van der Waals surface area contributed by atoms with Crippen molar-refractivity contribution >= 4 is 11.8 Å². The molecule has 0 bridgehead atoms. The molecule has 0 aliphatic carbocycles. The number of amides is 2. The van der Waals surface area contributed by atoms with Gasteiger partial charge in [0.1, 0.15) is 0 Å². The van der Waals surface area contributed by atoms with Crippen molar-refractivity contribution in [2.75, 3.05) is 19.6 Å². The summed E-state index contributed by atoms with van der Waals surface area (Å²) in [4.78, 5) is 24.9. The van der Waals surface area contributed by atoms with Crippen LogP contribution >= 0.6 is 0 Å². The molecule has 4 nitrogen and oxygen atoms in total. The van der Waals surface area contributed by atoms with Gasteiger partial charge in [-0.1, -0.05) is 6.92 Å². The Morgan fingerprint density at radius 2 is 2.20 bits per heavy atom. The summed E-state index contributed by atoms with van der Waals surface area (Å²) in [5.74, 6) is 0.531. The molecule has 2 aliphatic rings. The third-order valence-corrected chi connectivity index (χ3v) is 3.38. The first kappa shape index (κ1) is 10.6. The van der Waals surface area contributed by atoms with E-state index < -0.39 is 0 Å². The van der Waals surface area contributed by atoms with E-state index in [1.54, 1.807) is 0 Å². The fourth-order valence-corrected chi connectivity index (χ4v) is 2.31. The number of rotatable bonds is 2. The van der Waals surface area contributed by atoms with Crippen LogP contribution in [0.1, 0.15) is 26.2 Å². The average Bonchev–Trinajstić information content (AvgIpc) is 2.71. The number of hydrogen-bond acceptors (Lipinski definition) is 3. The third-order valence-electron chi connectivity index (χ3n) is 3.38. The first-order chi connectivity index (χ1) is 7.18. The highest BCUT2D eigenvalue weighted by Crippen LogP contribution is 2.21. The van der Waals surface area contributed by atoms with E-state index in [1.165, 1.54) is 4.90 Å². The van der Waals surface area contributed by atoms with Crippen LogP contribution in [-0.4, -0.2) is 36.3 Å². The van der Waals surface area contributed by atoms with Crippen molar-refractivity contribution in [2.24, 2.45) is 11.8 Å². The Labute approximate surface area is 90.0 Å². The number of imide groups is 1. The summed E-state index contributed by atoms with van der Waals surface area (Å²) in [5.41, 5.74) is 0. The minimum absolute atomic E-state index is 0.0185. The summed E-state index contributed by atoms with van der Waals surface area (Å²) < 4.78 is 0. The highest BCUT2D eigenvalue weighted by molar-refractivity contribution is 5.98. The minimum atomic E-state index is 0.0185. The molecule has 1 N–H and O–H groups in total. The van der Waals surface area contributed by atoms with Crippen LogP contribution in [0.2, 0.25) is 0 Å². The molecule has 0 aromatic rings. The van der Waals surface area contributed by atoms with E-state index in [0.717, 1.165) is 25.9 Å². The van der Waals surface area contributed by atoms with Crippen molar-refractivity contribution in [3.63, 3.8) is 0 Å². The standard InChI is InChI=1S/C11H18N2O2/c1-8-2-3-10(14)13(11(8)15)7-9-4-5-12-6-9/h8-9,12H,2-7H2,1H3. The van der Waals surface area contributed by atoms with E-state index in [-0.39, 0.29) is 17.7 Å².